The minimum Gasteiger partial charge on any atom is -0.497 e. The standard InChI is InChI=1S/C19H19N3O4/c1-12-10-17(23)21-22-18(12)13-6-8-14(9-7-13)20-19(24)26-16-5-3-4-15(11-16)25-2/h3-9,11-12H,10H2,1-2H3,(H,20,24)(H,21,23). The lowest BCUT2D eigenvalue weighted by atomic mass is 9.94. The van der Waals surface area contributed by atoms with Crippen molar-refractivity contribution < 1.29 is 19.1 Å². The number of nitrogens with zero attached hydrogens (tertiary/aromatic N) is 1. The lowest BCUT2D eigenvalue weighted by Crippen LogP contribution is -2.31. The molecular formula is C19H19N3O4. The second-order valence-corrected chi connectivity index (χ2v) is 5.91. The maximum atomic E-state index is 12.0. The molecule has 0 aliphatic carbocycles. The molecule has 2 N–H and O–H groups in total. The summed E-state index contributed by atoms with van der Waals surface area (Å²) < 4.78 is 10.3. The van der Waals surface area contributed by atoms with Crippen molar-refractivity contribution in [2.24, 2.45) is 11.0 Å². The minimum absolute atomic E-state index is 0.0422. The third kappa shape index (κ3) is 4.18. The maximum absolute atomic E-state index is 12.0. The molecule has 1 unspecified atom stereocenters. The van der Waals surface area contributed by atoms with Gasteiger partial charge in [0.25, 0.3) is 0 Å². The topological polar surface area (TPSA) is 89.0 Å². The molecule has 3 rings (SSSR count). The first kappa shape index (κ1) is 17.5. The van der Waals surface area contributed by atoms with Gasteiger partial charge >= 0.3 is 6.09 Å². The van der Waals surface area contributed by atoms with Gasteiger partial charge in [0.1, 0.15) is 11.5 Å². The average Bonchev–Trinajstić information content (AvgIpc) is 2.63. The van der Waals surface area contributed by atoms with Crippen LogP contribution >= 0.6 is 0 Å². The van der Waals surface area contributed by atoms with Crippen molar-refractivity contribution in [2.75, 3.05) is 12.4 Å². The molecule has 134 valence electrons. The van der Waals surface area contributed by atoms with Gasteiger partial charge in [-0.15, -0.1) is 0 Å². The van der Waals surface area contributed by atoms with Crippen LogP contribution in [0.5, 0.6) is 11.5 Å². The molecule has 1 aliphatic heterocycles. The Kier molecular flexibility index (Phi) is 5.17. The molecular weight excluding hydrogens is 334 g/mol. The molecule has 7 nitrogen and oxygen atoms in total. The first-order chi connectivity index (χ1) is 12.5. The molecule has 0 aromatic heterocycles. The fraction of sp³-hybridized carbons (Fsp3) is 0.211. The normalized spacial score (nSPS) is 16.3. The van der Waals surface area contributed by atoms with Gasteiger partial charge in [0.2, 0.25) is 5.91 Å². The Balaban J connectivity index is 1.63. The molecule has 0 fully saturated rings. The van der Waals surface area contributed by atoms with Crippen LogP contribution in [0.15, 0.2) is 53.6 Å². The number of ether oxygens (including phenoxy) is 2. The molecule has 2 aromatic carbocycles. The van der Waals surface area contributed by atoms with Crippen LogP contribution in [0.25, 0.3) is 0 Å². The molecule has 7 heteroatoms. The molecule has 0 bridgehead atoms. The third-order valence-corrected chi connectivity index (χ3v) is 3.94. The van der Waals surface area contributed by atoms with E-state index >= 15 is 0 Å². The smallest absolute Gasteiger partial charge is 0.417 e. The molecule has 2 aromatic rings. The number of carbonyl (C=O) groups excluding carboxylic acids is 2. The Morgan fingerprint density at radius 2 is 1.92 bits per heavy atom. The highest BCUT2D eigenvalue weighted by molar-refractivity contribution is 6.06. The van der Waals surface area contributed by atoms with E-state index in [1.165, 1.54) is 0 Å². The van der Waals surface area contributed by atoms with Gasteiger partial charge in [0, 0.05) is 24.1 Å². The van der Waals surface area contributed by atoms with Crippen LogP contribution in [-0.4, -0.2) is 24.8 Å². The quantitative estimate of drug-likeness (QED) is 0.883. The summed E-state index contributed by atoms with van der Waals surface area (Å²) in [5.74, 6) is 0.953. The Morgan fingerprint density at radius 3 is 2.62 bits per heavy atom. The van der Waals surface area contributed by atoms with Crippen molar-refractivity contribution >= 4 is 23.4 Å². The second kappa shape index (κ2) is 7.69. The highest BCUT2D eigenvalue weighted by Crippen LogP contribution is 2.21. The Bertz CT molecular complexity index is 846. The summed E-state index contributed by atoms with van der Waals surface area (Å²) >= 11 is 0. The van der Waals surface area contributed by atoms with E-state index in [1.807, 2.05) is 19.1 Å². The third-order valence-electron chi connectivity index (χ3n) is 3.94. The highest BCUT2D eigenvalue weighted by atomic mass is 16.6. The van der Waals surface area contributed by atoms with Gasteiger partial charge < -0.3 is 9.47 Å². The average molecular weight is 353 g/mol. The van der Waals surface area contributed by atoms with E-state index in [0.29, 0.717) is 23.6 Å². The number of nitrogens with one attached hydrogen (secondary N) is 2. The van der Waals surface area contributed by atoms with E-state index in [0.717, 1.165) is 11.3 Å². The van der Waals surface area contributed by atoms with Crippen molar-refractivity contribution in [3.05, 3.63) is 54.1 Å². The number of benzene rings is 2. The van der Waals surface area contributed by atoms with Crippen LogP contribution in [0.4, 0.5) is 10.5 Å². The van der Waals surface area contributed by atoms with Gasteiger partial charge in [0.05, 0.1) is 12.8 Å². The van der Waals surface area contributed by atoms with E-state index in [9.17, 15) is 9.59 Å². The SMILES string of the molecule is COc1cccc(OC(=O)Nc2ccc(C3=NNC(=O)CC3C)cc2)c1. The van der Waals surface area contributed by atoms with Gasteiger partial charge in [-0.05, 0) is 29.8 Å². The first-order valence-corrected chi connectivity index (χ1v) is 8.15. The van der Waals surface area contributed by atoms with Crippen LogP contribution in [0.1, 0.15) is 18.9 Å². The first-order valence-electron chi connectivity index (χ1n) is 8.15. The molecule has 0 radical (unpaired) electrons. The van der Waals surface area contributed by atoms with Crippen LogP contribution in [0, 0.1) is 5.92 Å². The fourth-order valence-corrected chi connectivity index (χ4v) is 2.64. The molecule has 2 amide bonds. The fourth-order valence-electron chi connectivity index (χ4n) is 2.64. The molecule has 1 atom stereocenters. The number of rotatable bonds is 4. The predicted octanol–water partition coefficient (Wildman–Crippen LogP) is 3.17. The summed E-state index contributed by atoms with van der Waals surface area (Å²) in [6.45, 7) is 1.95. The molecule has 0 saturated carbocycles. The molecule has 0 saturated heterocycles. The van der Waals surface area contributed by atoms with Gasteiger partial charge in [-0.3, -0.25) is 10.1 Å². The minimum atomic E-state index is -0.596. The van der Waals surface area contributed by atoms with Crippen LogP contribution in [0.2, 0.25) is 0 Å². The van der Waals surface area contributed by atoms with E-state index in [2.05, 4.69) is 15.8 Å². The largest absolute Gasteiger partial charge is 0.497 e. The second-order valence-electron chi connectivity index (χ2n) is 5.91. The monoisotopic (exact) mass is 353 g/mol. The van der Waals surface area contributed by atoms with Crippen LogP contribution in [0.3, 0.4) is 0 Å². The lowest BCUT2D eigenvalue weighted by molar-refractivity contribution is -0.121. The molecule has 26 heavy (non-hydrogen) atoms. The zero-order valence-corrected chi connectivity index (χ0v) is 14.5. The van der Waals surface area contributed by atoms with Crippen LogP contribution in [-0.2, 0) is 4.79 Å². The van der Waals surface area contributed by atoms with Crippen molar-refractivity contribution in [2.45, 2.75) is 13.3 Å². The zero-order valence-electron chi connectivity index (χ0n) is 14.5. The van der Waals surface area contributed by atoms with Crippen LogP contribution < -0.4 is 20.2 Å². The summed E-state index contributed by atoms with van der Waals surface area (Å²) in [6.07, 6.45) is -0.187. The highest BCUT2D eigenvalue weighted by Gasteiger charge is 2.21. The zero-order chi connectivity index (χ0) is 18.5. The van der Waals surface area contributed by atoms with Gasteiger partial charge in [-0.25, -0.2) is 10.2 Å². The van der Waals surface area contributed by atoms with E-state index in [1.54, 1.807) is 43.5 Å². The van der Waals surface area contributed by atoms with E-state index < -0.39 is 6.09 Å². The Hall–Kier alpha value is -3.35. The number of methoxy groups -OCH3 is 1. The van der Waals surface area contributed by atoms with E-state index in [-0.39, 0.29) is 11.8 Å². The summed E-state index contributed by atoms with van der Waals surface area (Å²) in [6, 6.07) is 14.0. The predicted molar refractivity (Wildman–Crippen MR) is 97.5 cm³/mol. The van der Waals surface area contributed by atoms with Gasteiger partial charge in [-0.1, -0.05) is 25.1 Å². The number of hydrogen-bond acceptors (Lipinski definition) is 5. The van der Waals surface area contributed by atoms with Gasteiger partial charge in [0.15, 0.2) is 0 Å². The number of hydrazone groups is 1. The molecule has 1 heterocycles. The summed E-state index contributed by atoms with van der Waals surface area (Å²) in [5, 5.41) is 6.78. The Labute approximate surface area is 151 Å². The number of hydrogen-bond donors (Lipinski definition) is 2. The molecule has 1 aliphatic rings. The number of anilines is 1. The Morgan fingerprint density at radius 1 is 1.19 bits per heavy atom. The maximum Gasteiger partial charge on any atom is 0.417 e. The van der Waals surface area contributed by atoms with Crippen molar-refractivity contribution in [3.63, 3.8) is 0 Å². The summed E-state index contributed by atoms with van der Waals surface area (Å²) in [7, 11) is 1.55. The number of carbonyl (C=O) groups is 2. The van der Waals surface area contributed by atoms with Crippen molar-refractivity contribution in [1.82, 2.24) is 5.43 Å². The van der Waals surface area contributed by atoms with Crippen molar-refractivity contribution in [3.8, 4) is 11.5 Å². The number of amides is 2. The lowest BCUT2D eigenvalue weighted by Gasteiger charge is -2.19. The van der Waals surface area contributed by atoms with Crippen molar-refractivity contribution in [1.29, 1.82) is 0 Å². The summed E-state index contributed by atoms with van der Waals surface area (Å²) in [4.78, 5) is 23.3. The summed E-state index contributed by atoms with van der Waals surface area (Å²) in [5.41, 5.74) is 4.79. The van der Waals surface area contributed by atoms with Gasteiger partial charge in [-0.2, -0.15) is 5.10 Å². The van der Waals surface area contributed by atoms with E-state index in [4.69, 9.17) is 9.47 Å². The molecule has 0 spiro atoms.